The van der Waals surface area contributed by atoms with Gasteiger partial charge in [-0.05, 0) is 42.5 Å². The second-order valence-electron chi connectivity index (χ2n) is 4.49. The fraction of sp³-hybridized carbons (Fsp3) is 0. The molecular weight excluding hydrogens is 288 g/mol. The van der Waals surface area contributed by atoms with Crippen LogP contribution in [-0.2, 0) is 0 Å². The van der Waals surface area contributed by atoms with Gasteiger partial charge in [0.15, 0.2) is 0 Å². The molecule has 4 nitrogen and oxygen atoms in total. The van der Waals surface area contributed by atoms with Crippen molar-refractivity contribution in [3.8, 4) is 5.75 Å². The van der Waals surface area contributed by atoms with E-state index < -0.39 is 5.91 Å². The zero-order valence-corrected chi connectivity index (χ0v) is 11.6. The molecule has 1 aromatic heterocycles. The number of nitrogens with one attached hydrogen (secondary N) is 1. The maximum Gasteiger partial charge on any atom is 0.259 e. The van der Waals surface area contributed by atoms with E-state index in [2.05, 4.69) is 10.3 Å². The van der Waals surface area contributed by atoms with Gasteiger partial charge < -0.3 is 10.4 Å². The molecule has 0 unspecified atom stereocenters. The molecule has 2 N–H and O–H groups in total. The van der Waals surface area contributed by atoms with Crippen LogP contribution in [0, 0.1) is 0 Å². The monoisotopic (exact) mass is 298 g/mol. The Bertz CT molecular complexity index is 828. The van der Waals surface area contributed by atoms with Crippen molar-refractivity contribution in [3.63, 3.8) is 0 Å². The van der Waals surface area contributed by atoms with Crippen molar-refractivity contribution in [1.29, 1.82) is 0 Å². The zero-order valence-electron chi connectivity index (χ0n) is 10.9. The Hall–Kier alpha value is -2.59. The molecule has 104 valence electrons. The van der Waals surface area contributed by atoms with Gasteiger partial charge in [-0.3, -0.25) is 9.78 Å². The normalized spacial score (nSPS) is 10.5. The number of anilines is 1. The van der Waals surface area contributed by atoms with Crippen molar-refractivity contribution < 1.29 is 9.90 Å². The van der Waals surface area contributed by atoms with E-state index in [9.17, 15) is 9.90 Å². The number of aromatic nitrogens is 1. The molecule has 0 saturated heterocycles. The van der Waals surface area contributed by atoms with Crippen LogP contribution < -0.4 is 5.32 Å². The van der Waals surface area contributed by atoms with E-state index in [0.29, 0.717) is 10.7 Å². The van der Waals surface area contributed by atoms with Crippen molar-refractivity contribution in [2.75, 3.05) is 5.32 Å². The average Bonchev–Trinajstić information content (AvgIpc) is 2.47. The smallest absolute Gasteiger partial charge is 0.259 e. The second-order valence-corrected chi connectivity index (χ2v) is 4.93. The minimum Gasteiger partial charge on any atom is -0.507 e. The average molecular weight is 299 g/mol. The highest BCUT2D eigenvalue weighted by molar-refractivity contribution is 6.31. The number of phenolic OH excluding ortho intramolecular Hbond substituents is 1. The standard InChI is InChI=1S/C16H11ClN2O2/c17-10-6-7-12(15(20)9-10)16(21)19-14-5-1-4-13-11(14)3-2-8-18-13/h1-9,20H,(H,19,21). The molecule has 0 saturated carbocycles. The SMILES string of the molecule is O=C(Nc1cccc2ncccc12)c1ccc(Cl)cc1O. The van der Waals surface area contributed by atoms with E-state index in [4.69, 9.17) is 11.6 Å². The lowest BCUT2D eigenvalue weighted by Crippen LogP contribution is -2.12. The molecular formula is C16H11ClN2O2. The summed E-state index contributed by atoms with van der Waals surface area (Å²) >= 11 is 5.76. The number of hydrogen-bond donors (Lipinski definition) is 2. The first-order valence-corrected chi connectivity index (χ1v) is 6.66. The number of aromatic hydroxyl groups is 1. The molecule has 0 fully saturated rings. The third kappa shape index (κ3) is 2.66. The van der Waals surface area contributed by atoms with Crippen LogP contribution in [0.3, 0.4) is 0 Å². The van der Waals surface area contributed by atoms with Crippen molar-refractivity contribution >= 4 is 34.1 Å². The van der Waals surface area contributed by atoms with Crippen LogP contribution in [0.15, 0.2) is 54.7 Å². The summed E-state index contributed by atoms with van der Waals surface area (Å²) in [6.07, 6.45) is 1.69. The summed E-state index contributed by atoms with van der Waals surface area (Å²) in [7, 11) is 0. The number of carbonyl (C=O) groups is 1. The van der Waals surface area contributed by atoms with E-state index >= 15 is 0 Å². The summed E-state index contributed by atoms with van der Waals surface area (Å²) in [5, 5.41) is 13.8. The minimum atomic E-state index is -0.402. The first-order chi connectivity index (χ1) is 10.1. The molecule has 0 aliphatic carbocycles. The van der Waals surface area contributed by atoms with Gasteiger partial charge in [-0.1, -0.05) is 17.7 Å². The van der Waals surface area contributed by atoms with Gasteiger partial charge in [0.1, 0.15) is 5.75 Å². The first-order valence-electron chi connectivity index (χ1n) is 6.29. The molecule has 0 spiro atoms. The number of carbonyl (C=O) groups excluding carboxylic acids is 1. The summed E-state index contributed by atoms with van der Waals surface area (Å²) in [6.45, 7) is 0. The Morgan fingerprint density at radius 2 is 2.00 bits per heavy atom. The highest BCUT2D eigenvalue weighted by atomic mass is 35.5. The highest BCUT2D eigenvalue weighted by Crippen LogP contribution is 2.25. The summed E-state index contributed by atoms with van der Waals surface area (Å²) in [4.78, 5) is 16.5. The molecule has 0 aliphatic heterocycles. The molecule has 1 amide bonds. The predicted octanol–water partition coefficient (Wildman–Crippen LogP) is 3.85. The van der Waals surface area contributed by atoms with Crippen LogP contribution >= 0.6 is 11.6 Å². The Morgan fingerprint density at radius 3 is 2.81 bits per heavy atom. The van der Waals surface area contributed by atoms with Gasteiger partial charge in [0.2, 0.25) is 0 Å². The maximum absolute atomic E-state index is 12.3. The number of nitrogens with zero attached hydrogens (tertiary/aromatic N) is 1. The predicted molar refractivity (Wildman–Crippen MR) is 82.8 cm³/mol. The quantitative estimate of drug-likeness (QED) is 0.755. The Balaban J connectivity index is 1.97. The van der Waals surface area contributed by atoms with Gasteiger partial charge >= 0.3 is 0 Å². The van der Waals surface area contributed by atoms with Crippen LogP contribution in [0.4, 0.5) is 5.69 Å². The molecule has 0 atom stereocenters. The Kier molecular flexibility index (Phi) is 3.46. The van der Waals surface area contributed by atoms with Crippen molar-refractivity contribution in [1.82, 2.24) is 4.98 Å². The summed E-state index contributed by atoms with van der Waals surface area (Å²) < 4.78 is 0. The lowest BCUT2D eigenvalue weighted by Gasteiger charge is -2.09. The van der Waals surface area contributed by atoms with Crippen molar-refractivity contribution in [2.45, 2.75) is 0 Å². The number of amides is 1. The topological polar surface area (TPSA) is 62.2 Å². The molecule has 5 heteroatoms. The van der Waals surface area contributed by atoms with Crippen LogP contribution in [0.1, 0.15) is 10.4 Å². The number of phenols is 1. The summed E-state index contributed by atoms with van der Waals surface area (Å²) in [5.41, 5.74) is 1.59. The van der Waals surface area contributed by atoms with Crippen molar-refractivity contribution in [3.05, 3.63) is 65.3 Å². The summed E-state index contributed by atoms with van der Waals surface area (Å²) in [5.74, 6) is -0.557. The van der Waals surface area contributed by atoms with Crippen LogP contribution in [0.2, 0.25) is 5.02 Å². The molecule has 3 aromatic rings. The largest absolute Gasteiger partial charge is 0.507 e. The number of fused-ring (bicyclic) bond motifs is 1. The van der Waals surface area contributed by atoms with Gasteiger partial charge in [-0.15, -0.1) is 0 Å². The van der Waals surface area contributed by atoms with Gasteiger partial charge in [-0.2, -0.15) is 0 Å². The lowest BCUT2D eigenvalue weighted by molar-refractivity contribution is 0.102. The van der Waals surface area contributed by atoms with E-state index in [1.165, 1.54) is 12.1 Å². The molecule has 2 aromatic carbocycles. The summed E-state index contributed by atoms with van der Waals surface area (Å²) in [6, 6.07) is 13.5. The number of hydrogen-bond acceptors (Lipinski definition) is 3. The van der Waals surface area contributed by atoms with E-state index in [1.807, 2.05) is 18.2 Å². The van der Waals surface area contributed by atoms with E-state index in [1.54, 1.807) is 24.4 Å². The minimum absolute atomic E-state index is 0.154. The lowest BCUT2D eigenvalue weighted by atomic mass is 10.1. The third-order valence-electron chi connectivity index (χ3n) is 3.10. The number of benzene rings is 2. The molecule has 0 aliphatic rings. The molecule has 0 bridgehead atoms. The molecule has 3 rings (SSSR count). The van der Waals surface area contributed by atoms with Gasteiger partial charge in [0, 0.05) is 16.6 Å². The zero-order chi connectivity index (χ0) is 14.8. The second kappa shape index (κ2) is 5.42. The van der Waals surface area contributed by atoms with Crippen LogP contribution in [0.5, 0.6) is 5.75 Å². The van der Waals surface area contributed by atoms with Crippen LogP contribution in [-0.4, -0.2) is 16.0 Å². The number of halogens is 1. The maximum atomic E-state index is 12.3. The molecule has 1 heterocycles. The third-order valence-corrected chi connectivity index (χ3v) is 3.33. The Labute approximate surface area is 126 Å². The van der Waals surface area contributed by atoms with Gasteiger partial charge in [0.25, 0.3) is 5.91 Å². The fourth-order valence-corrected chi connectivity index (χ4v) is 2.27. The fourth-order valence-electron chi connectivity index (χ4n) is 2.10. The molecule has 21 heavy (non-hydrogen) atoms. The van der Waals surface area contributed by atoms with E-state index in [0.717, 1.165) is 10.9 Å². The van der Waals surface area contributed by atoms with Gasteiger partial charge in [0.05, 0.1) is 16.8 Å². The first kappa shape index (κ1) is 13.4. The number of rotatable bonds is 2. The Morgan fingerprint density at radius 1 is 1.14 bits per heavy atom. The van der Waals surface area contributed by atoms with Crippen molar-refractivity contribution in [2.24, 2.45) is 0 Å². The number of pyridine rings is 1. The van der Waals surface area contributed by atoms with E-state index in [-0.39, 0.29) is 11.3 Å². The van der Waals surface area contributed by atoms with Gasteiger partial charge in [-0.25, -0.2) is 0 Å². The highest BCUT2D eigenvalue weighted by Gasteiger charge is 2.13. The van der Waals surface area contributed by atoms with Crippen LogP contribution in [0.25, 0.3) is 10.9 Å². The molecule has 0 radical (unpaired) electrons.